The van der Waals surface area contributed by atoms with Gasteiger partial charge in [0.05, 0.1) is 12.6 Å². The molecule has 1 aromatic rings. The summed E-state index contributed by atoms with van der Waals surface area (Å²) in [5.74, 6) is -0.266. The number of carbonyl (C=O) groups is 1. The minimum absolute atomic E-state index is 0. The van der Waals surface area contributed by atoms with Crippen molar-refractivity contribution >= 4 is 35.8 Å². The van der Waals surface area contributed by atoms with Gasteiger partial charge in [0.1, 0.15) is 0 Å². The Morgan fingerprint density at radius 3 is 2.74 bits per heavy atom. The van der Waals surface area contributed by atoms with Gasteiger partial charge in [-0.05, 0) is 36.3 Å². The maximum absolute atomic E-state index is 11.6. The highest BCUT2D eigenvalue weighted by Gasteiger charge is 2.06. The average Bonchev–Trinajstić information content (AvgIpc) is 2.37. The highest BCUT2D eigenvalue weighted by atomic mass is 35.5. The van der Waals surface area contributed by atoms with E-state index in [1.54, 1.807) is 24.3 Å². The van der Waals surface area contributed by atoms with Crippen LogP contribution in [0.2, 0.25) is 0 Å². The van der Waals surface area contributed by atoms with Gasteiger partial charge < -0.3 is 21.9 Å². The fourth-order valence-electron chi connectivity index (χ4n) is 1.43. The largest absolute Gasteiger partial charge is 0.399 e. The lowest BCUT2D eigenvalue weighted by Crippen LogP contribution is -2.35. The van der Waals surface area contributed by atoms with Crippen LogP contribution in [-0.4, -0.2) is 23.7 Å². The third-order valence-electron chi connectivity index (χ3n) is 2.58. The van der Waals surface area contributed by atoms with Gasteiger partial charge in [-0.1, -0.05) is 6.92 Å². The van der Waals surface area contributed by atoms with Crippen molar-refractivity contribution < 1.29 is 9.90 Å². The number of nitrogens with one attached hydrogen (secondary N) is 1. The van der Waals surface area contributed by atoms with Crippen LogP contribution in [0.4, 0.5) is 11.4 Å². The molecular weight excluding hydrogens is 266 g/mol. The second-order valence-electron chi connectivity index (χ2n) is 4.02. The van der Waals surface area contributed by atoms with Crippen LogP contribution >= 0.6 is 12.4 Å². The number of anilines is 2. The van der Waals surface area contributed by atoms with Gasteiger partial charge in [0, 0.05) is 17.5 Å². The van der Waals surface area contributed by atoms with Crippen molar-refractivity contribution in [2.45, 2.75) is 19.4 Å². The maximum atomic E-state index is 11.6. The van der Waals surface area contributed by atoms with E-state index < -0.39 is 0 Å². The van der Waals surface area contributed by atoms with E-state index in [2.05, 4.69) is 5.32 Å². The molecule has 0 aliphatic heterocycles. The number of aliphatic hydroxyl groups excluding tert-OH is 1. The molecule has 19 heavy (non-hydrogen) atoms. The van der Waals surface area contributed by atoms with E-state index in [0.717, 1.165) is 0 Å². The molecule has 0 fully saturated rings. The molecule has 0 bridgehead atoms. The second-order valence-corrected chi connectivity index (χ2v) is 4.02. The number of carbonyl (C=O) groups excluding carboxylic acids is 1. The number of halogens is 1. The van der Waals surface area contributed by atoms with Gasteiger partial charge in [0.25, 0.3) is 0 Å². The maximum Gasteiger partial charge on any atom is 0.244 e. The lowest BCUT2D eigenvalue weighted by atomic mass is 10.1. The van der Waals surface area contributed by atoms with Gasteiger partial charge >= 0.3 is 0 Å². The number of benzene rings is 1. The van der Waals surface area contributed by atoms with Crippen LogP contribution in [-0.2, 0) is 4.79 Å². The number of rotatable bonds is 5. The van der Waals surface area contributed by atoms with Crippen LogP contribution < -0.4 is 16.8 Å². The quantitative estimate of drug-likeness (QED) is 0.482. The molecule has 1 amide bonds. The third kappa shape index (κ3) is 5.63. The van der Waals surface area contributed by atoms with E-state index in [1.807, 2.05) is 6.92 Å². The first-order valence-electron chi connectivity index (χ1n) is 5.81. The predicted octanol–water partition coefficient (Wildman–Crippen LogP) is 1.17. The molecule has 0 heterocycles. The van der Waals surface area contributed by atoms with Crippen LogP contribution in [0.1, 0.15) is 18.9 Å². The summed E-state index contributed by atoms with van der Waals surface area (Å²) in [6.07, 6.45) is 3.66. The van der Waals surface area contributed by atoms with Crippen LogP contribution in [0.15, 0.2) is 24.3 Å². The highest BCUT2D eigenvalue weighted by molar-refractivity contribution is 5.92. The minimum Gasteiger partial charge on any atom is -0.399 e. The van der Waals surface area contributed by atoms with Crippen molar-refractivity contribution in [2.75, 3.05) is 18.1 Å². The first kappa shape index (κ1) is 17.3. The first-order valence-corrected chi connectivity index (χ1v) is 5.81. The summed E-state index contributed by atoms with van der Waals surface area (Å²) in [6.45, 7) is 1.82. The van der Waals surface area contributed by atoms with Crippen molar-refractivity contribution in [3.8, 4) is 0 Å². The normalized spacial score (nSPS) is 11.9. The minimum atomic E-state index is -0.266. The molecule has 0 saturated carbocycles. The van der Waals surface area contributed by atoms with Crippen molar-refractivity contribution in [1.29, 1.82) is 0 Å². The Balaban J connectivity index is 0.00000324. The Hall–Kier alpha value is -1.72. The summed E-state index contributed by atoms with van der Waals surface area (Å²) in [5.41, 5.74) is 13.2. The fourth-order valence-corrected chi connectivity index (χ4v) is 1.43. The van der Waals surface area contributed by atoms with Crippen molar-refractivity contribution in [3.05, 3.63) is 29.8 Å². The molecule has 0 saturated heterocycles. The third-order valence-corrected chi connectivity index (χ3v) is 2.58. The second kappa shape index (κ2) is 8.39. The molecule has 0 aliphatic carbocycles. The zero-order valence-corrected chi connectivity index (χ0v) is 11.6. The number of hydrogen-bond acceptors (Lipinski definition) is 4. The predicted molar refractivity (Wildman–Crippen MR) is 80.9 cm³/mol. The van der Waals surface area contributed by atoms with Crippen molar-refractivity contribution in [2.24, 2.45) is 0 Å². The Morgan fingerprint density at radius 1 is 1.47 bits per heavy atom. The van der Waals surface area contributed by atoms with E-state index >= 15 is 0 Å². The summed E-state index contributed by atoms with van der Waals surface area (Å²) in [6, 6.07) is 4.86. The Morgan fingerprint density at radius 2 is 2.16 bits per heavy atom. The van der Waals surface area contributed by atoms with Gasteiger partial charge in [-0.25, -0.2) is 0 Å². The molecule has 1 atom stereocenters. The van der Waals surface area contributed by atoms with Crippen LogP contribution in [0.3, 0.4) is 0 Å². The number of hydrogen-bond donors (Lipinski definition) is 4. The summed E-state index contributed by atoms with van der Waals surface area (Å²) < 4.78 is 0. The standard InChI is InChI=1S/C13H19N3O2.ClH/c1-2-11(8-17)16-13(18)6-3-9-7-10(14)4-5-12(9)15;/h3-7,11,17H,2,8,14-15H2,1H3,(H,16,18);1H/b6-3+;. The van der Waals surface area contributed by atoms with E-state index in [4.69, 9.17) is 16.6 Å². The van der Waals surface area contributed by atoms with Gasteiger partial charge in [-0.3, -0.25) is 4.79 Å². The molecule has 106 valence electrons. The average molecular weight is 286 g/mol. The fraction of sp³-hybridized carbons (Fsp3) is 0.308. The number of nitrogens with two attached hydrogens (primary N) is 2. The van der Waals surface area contributed by atoms with Gasteiger partial charge in [0.2, 0.25) is 5.91 Å². The highest BCUT2D eigenvalue weighted by Crippen LogP contribution is 2.16. The summed E-state index contributed by atoms with van der Waals surface area (Å²) >= 11 is 0. The summed E-state index contributed by atoms with van der Waals surface area (Å²) in [4.78, 5) is 11.6. The van der Waals surface area contributed by atoms with Crippen LogP contribution in [0, 0.1) is 0 Å². The van der Waals surface area contributed by atoms with E-state index in [1.165, 1.54) is 6.08 Å². The number of aliphatic hydroxyl groups is 1. The number of amides is 1. The molecular formula is C13H20ClN3O2. The Labute approximate surface area is 119 Å². The van der Waals surface area contributed by atoms with Gasteiger partial charge in [0.15, 0.2) is 0 Å². The Kier molecular flexibility index (Phi) is 7.63. The van der Waals surface area contributed by atoms with E-state index in [-0.39, 0.29) is 31.0 Å². The molecule has 1 unspecified atom stereocenters. The molecule has 1 aromatic carbocycles. The van der Waals surface area contributed by atoms with Crippen molar-refractivity contribution in [1.82, 2.24) is 5.32 Å². The van der Waals surface area contributed by atoms with E-state index in [0.29, 0.717) is 23.4 Å². The molecule has 6 heteroatoms. The topological polar surface area (TPSA) is 101 Å². The molecule has 0 radical (unpaired) electrons. The van der Waals surface area contributed by atoms with E-state index in [9.17, 15) is 4.79 Å². The van der Waals surface area contributed by atoms with Crippen molar-refractivity contribution in [3.63, 3.8) is 0 Å². The smallest absolute Gasteiger partial charge is 0.244 e. The zero-order valence-electron chi connectivity index (χ0n) is 10.8. The SMILES string of the molecule is CCC(CO)NC(=O)/C=C/c1cc(N)ccc1N.Cl. The lowest BCUT2D eigenvalue weighted by Gasteiger charge is -2.11. The summed E-state index contributed by atoms with van der Waals surface area (Å²) in [5, 5.41) is 11.6. The zero-order chi connectivity index (χ0) is 13.5. The lowest BCUT2D eigenvalue weighted by molar-refractivity contribution is -0.117. The molecule has 0 aromatic heterocycles. The van der Waals surface area contributed by atoms with Gasteiger partial charge in [-0.2, -0.15) is 0 Å². The summed E-state index contributed by atoms with van der Waals surface area (Å²) in [7, 11) is 0. The van der Waals surface area contributed by atoms with Gasteiger partial charge in [-0.15, -0.1) is 12.4 Å². The Bertz CT molecular complexity index is 446. The number of nitrogen functional groups attached to an aromatic ring is 2. The molecule has 1 rings (SSSR count). The monoisotopic (exact) mass is 285 g/mol. The molecule has 0 aliphatic rings. The van der Waals surface area contributed by atoms with Crippen LogP contribution in [0.5, 0.6) is 0 Å². The first-order chi connectivity index (χ1) is 8.56. The van der Waals surface area contributed by atoms with Crippen LogP contribution in [0.25, 0.3) is 6.08 Å². The molecule has 5 nitrogen and oxygen atoms in total. The molecule has 6 N–H and O–H groups in total. The molecule has 0 spiro atoms.